The van der Waals surface area contributed by atoms with E-state index >= 15 is 0 Å². The fraction of sp³-hybridized carbons (Fsp3) is 0.444. The lowest BCUT2D eigenvalue weighted by molar-refractivity contribution is 0.304. The molecule has 44 heavy (non-hydrogen) atoms. The van der Waals surface area contributed by atoms with E-state index in [9.17, 15) is 12.8 Å². The van der Waals surface area contributed by atoms with Gasteiger partial charge in [-0.3, -0.25) is 4.99 Å². The molecule has 0 bridgehead atoms. The second-order valence-corrected chi connectivity index (χ2v) is 12.8. The lowest BCUT2D eigenvalue weighted by Gasteiger charge is -2.27. The third-order valence-corrected chi connectivity index (χ3v) is 8.29. The van der Waals surface area contributed by atoms with Crippen molar-refractivity contribution in [2.75, 3.05) is 44.4 Å². The van der Waals surface area contributed by atoms with Crippen LogP contribution in [0.4, 0.5) is 10.1 Å². The first-order chi connectivity index (χ1) is 21.2. The molecule has 0 saturated heterocycles. The highest BCUT2D eigenvalue weighted by Gasteiger charge is 2.16. The number of anilines is 1. The van der Waals surface area contributed by atoms with Gasteiger partial charge in [-0.15, -0.1) is 0 Å². The second kappa shape index (κ2) is 19.1. The summed E-state index contributed by atoms with van der Waals surface area (Å²) in [4.78, 5) is 14.2. The molecule has 8 heteroatoms. The summed E-state index contributed by atoms with van der Waals surface area (Å²) in [5.74, 6) is 0.943. The van der Waals surface area contributed by atoms with Crippen molar-refractivity contribution >= 4 is 27.1 Å². The van der Waals surface area contributed by atoms with E-state index in [1.165, 1.54) is 17.9 Å². The molecule has 0 radical (unpaired) electrons. The van der Waals surface area contributed by atoms with Gasteiger partial charge >= 0.3 is 0 Å². The summed E-state index contributed by atoms with van der Waals surface area (Å²) in [6.07, 6.45) is 4.15. The number of hydrogen-bond acceptors (Lipinski definition) is 6. The summed E-state index contributed by atoms with van der Waals surface area (Å²) in [6.45, 7) is 14.4. The zero-order valence-electron chi connectivity index (χ0n) is 27.6. The van der Waals surface area contributed by atoms with Crippen LogP contribution in [0.1, 0.15) is 65.0 Å². The molecule has 0 N–H and O–H groups in total. The quantitative estimate of drug-likeness (QED) is 0.183. The van der Waals surface area contributed by atoms with Crippen molar-refractivity contribution in [2.45, 2.75) is 65.3 Å². The highest BCUT2D eigenvalue weighted by molar-refractivity contribution is 7.90. The van der Waals surface area contributed by atoms with Crippen LogP contribution in [-0.4, -0.2) is 64.3 Å². The van der Waals surface area contributed by atoms with Crippen LogP contribution in [0.5, 0.6) is 0 Å². The van der Waals surface area contributed by atoms with Gasteiger partial charge in [0.1, 0.15) is 5.82 Å². The van der Waals surface area contributed by atoms with Crippen molar-refractivity contribution in [1.82, 2.24) is 4.90 Å². The first-order valence-corrected chi connectivity index (χ1v) is 17.7. The van der Waals surface area contributed by atoms with Gasteiger partial charge in [-0.25, -0.2) is 17.8 Å². The average molecular weight is 623 g/mol. The molecule has 3 aromatic rings. The maximum Gasteiger partial charge on any atom is 0.175 e. The molecule has 1 heterocycles. The molecule has 1 atom stereocenters. The Hall–Kier alpha value is -3.36. The van der Waals surface area contributed by atoms with Gasteiger partial charge in [0.15, 0.2) is 15.7 Å². The van der Waals surface area contributed by atoms with Crippen molar-refractivity contribution in [3.8, 4) is 0 Å². The number of benzene rings is 3. The Balaban J connectivity index is 0.00000162. The molecule has 1 aliphatic heterocycles. The molecule has 3 aromatic carbocycles. The molecule has 0 amide bonds. The lowest BCUT2D eigenvalue weighted by Crippen LogP contribution is -2.29. The van der Waals surface area contributed by atoms with Crippen LogP contribution >= 0.6 is 0 Å². The third-order valence-electron chi connectivity index (χ3n) is 7.16. The monoisotopic (exact) mass is 622 g/mol. The molecular weight excluding hydrogens is 571 g/mol. The van der Waals surface area contributed by atoms with E-state index in [1.807, 2.05) is 52.0 Å². The smallest absolute Gasteiger partial charge is 0.175 e. The van der Waals surface area contributed by atoms with Crippen LogP contribution in [-0.2, 0) is 16.4 Å². The van der Waals surface area contributed by atoms with Gasteiger partial charge < -0.3 is 9.80 Å². The molecule has 0 saturated carbocycles. The topological polar surface area (TPSA) is 65.3 Å². The number of halogens is 1. The van der Waals surface area contributed by atoms with Gasteiger partial charge in [-0.05, 0) is 93.3 Å². The highest BCUT2D eigenvalue weighted by atomic mass is 32.2. The Bertz CT molecular complexity index is 1420. The lowest BCUT2D eigenvalue weighted by atomic mass is 10.0. The van der Waals surface area contributed by atoms with Crippen LogP contribution < -0.4 is 4.90 Å². The Morgan fingerprint density at radius 3 is 2.20 bits per heavy atom. The minimum Gasteiger partial charge on any atom is -0.367 e. The third kappa shape index (κ3) is 12.3. The summed E-state index contributed by atoms with van der Waals surface area (Å²) in [5, 5.41) is 0. The molecule has 1 aliphatic rings. The molecule has 6 nitrogen and oxygen atoms in total. The zero-order chi connectivity index (χ0) is 32.5. The van der Waals surface area contributed by atoms with Crippen LogP contribution in [0, 0.1) is 11.7 Å². The number of nitrogens with zero attached hydrogens (tertiary/aromatic N) is 4. The molecule has 240 valence electrons. The van der Waals surface area contributed by atoms with E-state index < -0.39 is 9.84 Å². The number of amidine groups is 1. The minimum atomic E-state index is -3.22. The van der Waals surface area contributed by atoms with Gasteiger partial charge in [-0.1, -0.05) is 71.0 Å². The predicted octanol–water partition coefficient (Wildman–Crippen LogP) is 7.93. The summed E-state index contributed by atoms with van der Waals surface area (Å²) in [6, 6.07) is 23.9. The number of hydrogen-bond donors (Lipinski definition) is 0. The van der Waals surface area contributed by atoms with Crippen LogP contribution in [0.2, 0.25) is 0 Å². The largest absolute Gasteiger partial charge is 0.367 e. The molecule has 1 unspecified atom stereocenters. The Kier molecular flexibility index (Phi) is 16.0. The summed E-state index contributed by atoms with van der Waals surface area (Å²) < 4.78 is 37.3. The molecule has 0 spiro atoms. The first-order valence-electron chi connectivity index (χ1n) is 15.8. The second-order valence-electron chi connectivity index (χ2n) is 10.8. The molecule has 0 aromatic heterocycles. The van der Waals surface area contributed by atoms with Crippen LogP contribution in [0.3, 0.4) is 0 Å². The Morgan fingerprint density at radius 2 is 1.57 bits per heavy atom. The van der Waals surface area contributed by atoms with E-state index in [0.717, 1.165) is 62.4 Å². The van der Waals surface area contributed by atoms with E-state index in [2.05, 4.69) is 40.9 Å². The fourth-order valence-corrected chi connectivity index (χ4v) is 5.50. The predicted molar refractivity (Wildman–Crippen MR) is 185 cm³/mol. The standard InChI is InChI=1S/C32H39FN4O2S.2C2H6/c1-25(21-29-23-34-32(35-29)27-13-15-31(16-14-27)40(3,38)39)17-20-36(2)18-8-19-37(24-26-9-5-4-6-10-26)30-12-7-11-28(33)22-30;2*1-2/h4-7,9-16,22,25H,8,17-21,23-24H2,1-3H3;2*1-2H3. The SMILES string of the molecule is CC.CC.CC(CCN(C)CCCN(Cc1ccccc1)c1cccc(F)c1)CC1=NC(c2ccc(S(C)(=O)=O)cc2)=NC1. The average Bonchev–Trinajstić information content (AvgIpc) is 3.50. The molecule has 0 fully saturated rings. The van der Waals surface area contributed by atoms with Crippen molar-refractivity contribution < 1.29 is 12.8 Å². The maximum atomic E-state index is 13.9. The van der Waals surface area contributed by atoms with Gasteiger partial charge in [0.2, 0.25) is 0 Å². The van der Waals surface area contributed by atoms with Gasteiger partial charge in [0.25, 0.3) is 0 Å². The van der Waals surface area contributed by atoms with E-state index in [4.69, 9.17) is 4.99 Å². The minimum absolute atomic E-state index is 0.212. The molecule has 4 rings (SSSR count). The molecular formula is C36H51FN4O2S. The van der Waals surface area contributed by atoms with E-state index in [1.54, 1.807) is 36.4 Å². The Morgan fingerprint density at radius 1 is 0.886 bits per heavy atom. The fourth-order valence-electron chi connectivity index (χ4n) is 4.87. The number of aliphatic imine (C=N–C) groups is 2. The van der Waals surface area contributed by atoms with Crippen molar-refractivity contribution in [1.29, 1.82) is 0 Å². The van der Waals surface area contributed by atoms with Crippen molar-refractivity contribution in [3.05, 3.63) is 95.8 Å². The van der Waals surface area contributed by atoms with Gasteiger partial charge in [0.05, 0.1) is 11.4 Å². The first kappa shape index (κ1) is 36.8. The highest BCUT2D eigenvalue weighted by Crippen LogP contribution is 2.20. The summed E-state index contributed by atoms with van der Waals surface area (Å²) in [7, 11) is -1.06. The van der Waals surface area contributed by atoms with Gasteiger partial charge in [0, 0.05) is 36.3 Å². The van der Waals surface area contributed by atoms with Crippen molar-refractivity contribution in [2.24, 2.45) is 15.9 Å². The number of sulfone groups is 1. The van der Waals surface area contributed by atoms with E-state index in [0.29, 0.717) is 23.2 Å². The van der Waals surface area contributed by atoms with E-state index in [-0.39, 0.29) is 5.82 Å². The van der Waals surface area contributed by atoms with Crippen molar-refractivity contribution in [3.63, 3.8) is 0 Å². The zero-order valence-corrected chi connectivity index (χ0v) is 28.4. The summed E-state index contributed by atoms with van der Waals surface area (Å²) in [5.41, 5.74) is 4.03. The number of rotatable bonds is 14. The summed E-state index contributed by atoms with van der Waals surface area (Å²) >= 11 is 0. The van der Waals surface area contributed by atoms with Crippen LogP contribution in [0.25, 0.3) is 0 Å². The molecule has 0 aliphatic carbocycles. The normalized spacial score (nSPS) is 13.2. The van der Waals surface area contributed by atoms with Crippen LogP contribution in [0.15, 0.2) is 93.7 Å². The maximum absolute atomic E-state index is 13.9. The van der Waals surface area contributed by atoms with Gasteiger partial charge in [-0.2, -0.15) is 0 Å². The Labute approximate surface area is 265 Å².